The first kappa shape index (κ1) is 13.4. The van der Waals surface area contributed by atoms with Crippen LogP contribution >= 0.6 is 11.6 Å². The van der Waals surface area contributed by atoms with Crippen LogP contribution < -0.4 is 4.74 Å². The van der Waals surface area contributed by atoms with E-state index in [4.69, 9.17) is 20.9 Å². The van der Waals surface area contributed by atoms with Crippen molar-refractivity contribution in [2.75, 3.05) is 6.61 Å². The summed E-state index contributed by atoms with van der Waals surface area (Å²) in [7, 11) is 0. The molecule has 5 heteroatoms. The van der Waals surface area contributed by atoms with Crippen LogP contribution in [0.5, 0.6) is 5.75 Å². The molecule has 0 radical (unpaired) electrons. The molecule has 0 aliphatic carbocycles. The summed E-state index contributed by atoms with van der Waals surface area (Å²) in [5.74, 6) is 2.26. The minimum Gasteiger partial charge on any atom is -0.492 e. The average Bonchev–Trinajstić information content (AvgIpc) is 2.97. The Labute approximate surface area is 123 Å². The van der Waals surface area contributed by atoms with Gasteiger partial charge < -0.3 is 9.26 Å². The first-order valence-corrected chi connectivity index (χ1v) is 7.40. The number of halogens is 1. The van der Waals surface area contributed by atoms with Gasteiger partial charge in [0.15, 0.2) is 5.82 Å². The van der Waals surface area contributed by atoms with E-state index in [9.17, 15) is 0 Å². The van der Waals surface area contributed by atoms with Crippen molar-refractivity contribution in [3.05, 3.63) is 41.5 Å². The number of ether oxygens (including phenoxy) is 1. The lowest BCUT2D eigenvalue weighted by Crippen LogP contribution is -2.19. The zero-order valence-corrected chi connectivity index (χ0v) is 12.1. The van der Waals surface area contributed by atoms with Gasteiger partial charge in [-0.3, -0.25) is 0 Å². The van der Waals surface area contributed by atoms with Gasteiger partial charge in [0, 0.05) is 0 Å². The molecular weight excluding hydrogens is 276 g/mol. The molecule has 4 nitrogen and oxygen atoms in total. The molecule has 0 saturated carbocycles. The fourth-order valence-electron chi connectivity index (χ4n) is 2.41. The Bertz CT molecular complexity index is 585. The van der Waals surface area contributed by atoms with Crippen molar-refractivity contribution in [1.29, 1.82) is 0 Å². The van der Waals surface area contributed by atoms with E-state index in [1.807, 2.05) is 18.2 Å². The Morgan fingerprint density at radius 2 is 2.25 bits per heavy atom. The van der Waals surface area contributed by atoms with Crippen molar-refractivity contribution < 1.29 is 9.26 Å². The molecule has 0 saturated heterocycles. The molecular formula is C15H17ClN2O2. The Balaban J connectivity index is 1.75. The zero-order valence-electron chi connectivity index (χ0n) is 11.4. The SMILES string of the molecule is CCCC(Cl)c1noc(C2COc3ccccc3C2)n1. The van der Waals surface area contributed by atoms with Crippen molar-refractivity contribution in [3.8, 4) is 5.75 Å². The third-order valence-electron chi connectivity index (χ3n) is 3.51. The second kappa shape index (κ2) is 5.83. The van der Waals surface area contributed by atoms with Crippen LogP contribution in [0.4, 0.5) is 0 Å². The van der Waals surface area contributed by atoms with Gasteiger partial charge in [-0.2, -0.15) is 4.98 Å². The smallest absolute Gasteiger partial charge is 0.233 e. The summed E-state index contributed by atoms with van der Waals surface area (Å²) in [6.07, 6.45) is 2.71. The molecule has 2 aromatic rings. The number of para-hydroxylation sites is 1. The van der Waals surface area contributed by atoms with Crippen LogP contribution in [0.2, 0.25) is 0 Å². The number of nitrogens with zero attached hydrogens (tertiary/aromatic N) is 2. The van der Waals surface area contributed by atoms with Gasteiger partial charge in [-0.1, -0.05) is 36.7 Å². The van der Waals surface area contributed by atoms with Crippen LogP contribution in [0.15, 0.2) is 28.8 Å². The fourth-order valence-corrected chi connectivity index (χ4v) is 2.72. The first-order valence-electron chi connectivity index (χ1n) is 6.96. The maximum atomic E-state index is 6.22. The van der Waals surface area contributed by atoms with Crippen LogP contribution in [-0.2, 0) is 6.42 Å². The highest BCUT2D eigenvalue weighted by atomic mass is 35.5. The summed E-state index contributed by atoms with van der Waals surface area (Å²) in [5, 5.41) is 3.82. The van der Waals surface area contributed by atoms with E-state index < -0.39 is 0 Å². The van der Waals surface area contributed by atoms with Crippen molar-refractivity contribution >= 4 is 11.6 Å². The highest BCUT2D eigenvalue weighted by molar-refractivity contribution is 6.20. The molecule has 1 aliphatic heterocycles. The van der Waals surface area contributed by atoms with Crippen LogP contribution in [-0.4, -0.2) is 16.7 Å². The Morgan fingerprint density at radius 1 is 1.40 bits per heavy atom. The summed E-state index contributed by atoms with van der Waals surface area (Å²) in [6, 6.07) is 8.05. The minimum absolute atomic E-state index is 0.108. The molecule has 0 spiro atoms. The summed E-state index contributed by atoms with van der Waals surface area (Å²) in [6.45, 7) is 2.65. The summed E-state index contributed by atoms with van der Waals surface area (Å²) < 4.78 is 11.1. The molecule has 0 N–H and O–H groups in total. The summed E-state index contributed by atoms with van der Waals surface area (Å²) in [4.78, 5) is 4.44. The highest BCUT2D eigenvalue weighted by Gasteiger charge is 2.27. The Kier molecular flexibility index (Phi) is 3.92. The van der Waals surface area contributed by atoms with Gasteiger partial charge in [0.05, 0.1) is 11.3 Å². The van der Waals surface area contributed by atoms with E-state index in [1.165, 1.54) is 5.56 Å². The van der Waals surface area contributed by atoms with E-state index >= 15 is 0 Å². The molecule has 3 rings (SSSR count). The van der Waals surface area contributed by atoms with Gasteiger partial charge in [-0.25, -0.2) is 0 Å². The predicted molar refractivity (Wildman–Crippen MR) is 76.2 cm³/mol. The molecule has 1 aliphatic rings. The molecule has 0 bridgehead atoms. The number of alkyl halides is 1. The topological polar surface area (TPSA) is 48.2 Å². The third-order valence-corrected chi connectivity index (χ3v) is 3.92. The average molecular weight is 293 g/mol. The monoisotopic (exact) mass is 292 g/mol. The lowest BCUT2D eigenvalue weighted by molar-refractivity contribution is 0.230. The van der Waals surface area contributed by atoms with Gasteiger partial charge in [-0.15, -0.1) is 11.6 Å². The molecule has 1 aromatic heterocycles. The Morgan fingerprint density at radius 3 is 3.10 bits per heavy atom. The van der Waals surface area contributed by atoms with Gasteiger partial charge in [-0.05, 0) is 24.5 Å². The van der Waals surface area contributed by atoms with Crippen LogP contribution in [0.1, 0.15) is 48.3 Å². The predicted octanol–water partition coefficient (Wildman–Crippen LogP) is 3.87. The van der Waals surface area contributed by atoms with E-state index in [-0.39, 0.29) is 11.3 Å². The molecule has 2 heterocycles. The van der Waals surface area contributed by atoms with E-state index in [1.54, 1.807) is 0 Å². The number of fused-ring (bicyclic) bond motifs is 1. The van der Waals surface area contributed by atoms with Gasteiger partial charge >= 0.3 is 0 Å². The molecule has 0 amide bonds. The van der Waals surface area contributed by atoms with Gasteiger partial charge in [0.1, 0.15) is 12.4 Å². The summed E-state index contributed by atoms with van der Waals surface area (Å²) in [5.41, 5.74) is 1.18. The number of hydrogen-bond donors (Lipinski definition) is 0. The standard InChI is InChI=1S/C15H17ClN2O2/c1-2-5-12(16)14-17-15(20-18-14)11-8-10-6-3-4-7-13(10)19-9-11/h3-4,6-7,11-12H,2,5,8-9H2,1H3. The lowest BCUT2D eigenvalue weighted by Gasteiger charge is -2.22. The molecule has 1 aromatic carbocycles. The molecule has 2 unspecified atom stereocenters. The van der Waals surface area contributed by atoms with Gasteiger partial charge in [0.2, 0.25) is 5.89 Å². The summed E-state index contributed by atoms with van der Waals surface area (Å²) >= 11 is 6.22. The zero-order chi connectivity index (χ0) is 13.9. The highest BCUT2D eigenvalue weighted by Crippen LogP contribution is 2.32. The van der Waals surface area contributed by atoms with Crippen molar-refractivity contribution in [2.24, 2.45) is 0 Å². The second-order valence-electron chi connectivity index (χ2n) is 5.07. The lowest BCUT2D eigenvalue weighted by atomic mass is 9.97. The number of aromatic nitrogens is 2. The maximum absolute atomic E-state index is 6.22. The Hall–Kier alpha value is -1.55. The van der Waals surface area contributed by atoms with E-state index in [0.29, 0.717) is 18.3 Å². The molecule has 20 heavy (non-hydrogen) atoms. The van der Waals surface area contributed by atoms with Crippen molar-refractivity contribution in [1.82, 2.24) is 10.1 Å². The van der Waals surface area contributed by atoms with Crippen LogP contribution in [0, 0.1) is 0 Å². The first-order chi connectivity index (χ1) is 9.78. The quantitative estimate of drug-likeness (QED) is 0.803. The molecule has 2 atom stereocenters. The third kappa shape index (κ3) is 2.66. The van der Waals surface area contributed by atoms with Gasteiger partial charge in [0.25, 0.3) is 0 Å². The number of hydrogen-bond acceptors (Lipinski definition) is 4. The molecule has 106 valence electrons. The van der Waals surface area contributed by atoms with Crippen LogP contribution in [0.25, 0.3) is 0 Å². The van der Waals surface area contributed by atoms with Crippen molar-refractivity contribution in [3.63, 3.8) is 0 Å². The largest absolute Gasteiger partial charge is 0.492 e. The van der Waals surface area contributed by atoms with E-state index in [2.05, 4.69) is 23.1 Å². The normalized spacial score (nSPS) is 19.2. The van der Waals surface area contributed by atoms with Crippen molar-refractivity contribution in [2.45, 2.75) is 37.5 Å². The number of rotatable bonds is 4. The maximum Gasteiger partial charge on any atom is 0.233 e. The van der Waals surface area contributed by atoms with Crippen LogP contribution in [0.3, 0.4) is 0 Å². The van der Waals surface area contributed by atoms with E-state index in [0.717, 1.165) is 25.0 Å². The molecule has 0 fully saturated rings. The minimum atomic E-state index is -0.172. The number of benzene rings is 1. The second-order valence-corrected chi connectivity index (χ2v) is 5.59. The fraction of sp³-hybridized carbons (Fsp3) is 0.467.